The van der Waals surface area contributed by atoms with Crippen molar-refractivity contribution >= 4 is 22.8 Å². The van der Waals surface area contributed by atoms with Crippen LogP contribution in [0.2, 0.25) is 0 Å². The highest BCUT2D eigenvalue weighted by Gasteiger charge is 2.26. The number of imidazole rings is 1. The SMILES string of the molecule is CCCNC(=O)C1CCN(C(=O)CCn2cnc3ccccc32)CC1. The highest BCUT2D eigenvalue weighted by atomic mass is 16.2. The number of hydrogen-bond acceptors (Lipinski definition) is 3. The highest BCUT2D eigenvalue weighted by Crippen LogP contribution is 2.19. The van der Waals surface area contributed by atoms with E-state index in [-0.39, 0.29) is 17.7 Å². The Bertz CT molecular complexity index is 732. The van der Waals surface area contributed by atoms with E-state index in [9.17, 15) is 9.59 Å². The normalized spacial score (nSPS) is 15.5. The summed E-state index contributed by atoms with van der Waals surface area (Å²) in [6, 6.07) is 7.94. The van der Waals surface area contributed by atoms with Gasteiger partial charge in [0.2, 0.25) is 11.8 Å². The van der Waals surface area contributed by atoms with Crippen molar-refractivity contribution in [3.05, 3.63) is 30.6 Å². The van der Waals surface area contributed by atoms with E-state index in [0.29, 0.717) is 26.1 Å². The molecule has 1 aromatic heterocycles. The van der Waals surface area contributed by atoms with E-state index in [1.54, 1.807) is 6.33 Å². The lowest BCUT2D eigenvalue weighted by atomic mass is 9.95. The summed E-state index contributed by atoms with van der Waals surface area (Å²) in [5.41, 5.74) is 2.01. The molecule has 0 spiro atoms. The number of para-hydroxylation sites is 2. The molecule has 0 saturated carbocycles. The number of amides is 2. The summed E-state index contributed by atoms with van der Waals surface area (Å²) in [7, 11) is 0. The van der Waals surface area contributed by atoms with E-state index in [4.69, 9.17) is 0 Å². The van der Waals surface area contributed by atoms with Crippen molar-refractivity contribution in [2.24, 2.45) is 5.92 Å². The summed E-state index contributed by atoms with van der Waals surface area (Å²) in [6.45, 7) is 4.76. The van der Waals surface area contributed by atoms with Gasteiger partial charge in [-0.05, 0) is 31.4 Å². The monoisotopic (exact) mass is 342 g/mol. The molecule has 1 saturated heterocycles. The van der Waals surface area contributed by atoms with E-state index >= 15 is 0 Å². The number of benzene rings is 1. The van der Waals surface area contributed by atoms with Gasteiger partial charge in [0.1, 0.15) is 0 Å². The second kappa shape index (κ2) is 8.14. The summed E-state index contributed by atoms with van der Waals surface area (Å²) in [6.07, 6.45) is 4.73. The molecule has 0 atom stereocenters. The van der Waals surface area contributed by atoms with E-state index in [1.165, 1.54) is 0 Å². The van der Waals surface area contributed by atoms with Gasteiger partial charge in [-0.3, -0.25) is 9.59 Å². The lowest BCUT2D eigenvalue weighted by Gasteiger charge is -2.31. The number of carbonyl (C=O) groups is 2. The van der Waals surface area contributed by atoms with Gasteiger partial charge < -0.3 is 14.8 Å². The topological polar surface area (TPSA) is 67.2 Å². The molecule has 0 aliphatic carbocycles. The number of hydrogen-bond donors (Lipinski definition) is 1. The van der Waals surface area contributed by atoms with Crippen molar-refractivity contribution in [1.82, 2.24) is 19.8 Å². The molecule has 1 N–H and O–H groups in total. The fraction of sp³-hybridized carbons (Fsp3) is 0.526. The Morgan fingerprint density at radius 2 is 2.00 bits per heavy atom. The first-order valence-corrected chi connectivity index (χ1v) is 9.14. The van der Waals surface area contributed by atoms with Gasteiger partial charge in [-0.15, -0.1) is 0 Å². The molecule has 1 aromatic carbocycles. The lowest BCUT2D eigenvalue weighted by molar-refractivity contribution is -0.135. The van der Waals surface area contributed by atoms with Gasteiger partial charge in [-0.1, -0.05) is 19.1 Å². The molecule has 134 valence electrons. The third-order valence-electron chi connectivity index (χ3n) is 4.86. The first-order valence-electron chi connectivity index (χ1n) is 9.14. The van der Waals surface area contributed by atoms with E-state index in [2.05, 4.69) is 10.3 Å². The average molecular weight is 342 g/mol. The van der Waals surface area contributed by atoms with Crippen LogP contribution in [0.5, 0.6) is 0 Å². The minimum Gasteiger partial charge on any atom is -0.356 e. The van der Waals surface area contributed by atoms with E-state index < -0.39 is 0 Å². The molecule has 3 rings (SSSR count). The van der Waals surface area contributed by atoms with Crippen LogP contribution in [0.4, 0.5) is 0 Å². The highest BCUT2D eigenvalue weighted by molar-refractivity contribution is 5.80. The van der Waals surface area contributed by atoms with Crippen LogP contribution in [0.15, 0.2) is 30.6 Å². The van der Waals surface area contributed by atoms with Crippen LogP contribution in [0.25, 0.3) is 11.0 Å². The average Bonchev–Trinajstić information content (AvgIpc) is 3.07. The molecule has 6 nitrogen and oxygen atoms in total. The zero-order chi connectivity index (χ0) is 17.6. The number of nitrogens with one attached hydrogen (secondary N) is 1. The Balaban J connectivity index is 1.47. The van der Waals surface area contributed by atoms with Crippen LogP contribution in [0.1, 0.15) is 32.6 Å². The van der Waals surface area contributed by atoms with Gasteiger partial charge in [-0.2, -0.15) is 0 Å². The van der Waals surface area contributed by atoms with Crippen LogP contribution >= 0.6 is 0 Å². The van der Waals surface area contributed by atoms with Crippen molar-refractivity contribution in [2.75, 3.05) is 19.6 Å². The first kappa shape index (κ1) is 17.5. The fourth-order valence-electron chi connectivity index (χ4n) is 3.35. The number of rotatable bonds is 6. The summed E-state index contributed by atoms with van der Waals surface area (Å²) in [5, 5.41) is 2.95. The smallest absolute Gasteiger partial charge is 0.224 e. The van der Waals surface area contributed by atoms with Crippen LogP contribution in [-0.4, -0.2) is 45.9 Å². The van der Waals surface area contributed by atoms with Gasteiger partial charge in [0.25, 0.3) is 0 Å². The molecule has 0 radical (unpaired) electrons. The summed E-state index contributed by atoms with van der Waals surface area (Å²) < 4.78 is 2.03. The summed E-state index contributed by atoms with van der Waals surface area (Å²) >= 11 is 0. The molecule has 1 aliphatic heterocycles. The maximum atomic E-state index is 12.5. The number of fused-ring (bicyclic) bond motifs is 1. The molecule has 2 amide bonds. The van der Waals surface area contributed by atoms with Crippen LogP contribution in [0, 0.1) is 5.92 Å². The Kier molecular flexibility index (Phi) is 5.68. The number of nitrogens with zero attached hydrogens (tertiary/aromatic N) is 3. The Hall–Kier alpha value is -2.37. The van der Waals surface area contributed by atoms with Crippen molar-refractivity contribution in [2.45, 2.75) is 39.2 Å². The first-order chi connectivity index (χ1) is 12.2. The largest absolute Gasteiger partial charge is 0.356 e. The lowest BCUT2D eigenvalue weighted by Crippen LogP contribution is -2.43. The third kappa shape index (κ3) is 4.18. The molecule has 0 unspecified atom stereocenters. The minimum absolute atomic E-state index is 0.0493. The Morgan fingerprint density at radius 1 is 1.24 bits per heavy atom. The maximum absolute atomic E-state index is 12.5. The summed E-state index contributed by atoms with van der Waals surface area (Å²) in [4.78, 5) is 30.7. The quantitative estimate of drug-likeness (QED) is 0.875. The number of piperidine rings is 1. The molecule has 2 heterocycles. The molecule has 2 aromatic rings. The predicted octanol–water partition coefficient (Wildman–Crippen LogP) is 2.19. The number of likely N-dealkylation sites (tertiary alicyclic amines) is 1. The Labute approximate surface area is 148 Å². The maximum Gasteiger partial charge on any atom is 0.224 e. The zero-order valence-corrected chi connectivity index (χ0v) is 14.8. The van der Waals surface area contributed by atoms with Crippen LogP contribution in [0.3, 0.4) is 0 Å². The van der Waals surface area contributed by atoms with Gasteiger partial charge in [-0.25, -0.2) is 4.98 Å². The summed E-state index contributed by atoms with van der Waals surface area (Å²) in [5.74, 6) is 0.345. The second-order valence-corrected chi connectivity index (χ2v) is 6.62. The van der Waals surface area contributed by atoms with Gasteiger partial charge >= 0.3 is 0 Å². The van der Waals surface area contributed by atoms with Crippen molar-refractivity contribution in [1.29, 1.82) is 0 Å². The number of carbonyl (C=O) groups excluding carboxylic acids is 2. The number of aryl methyl sites for hydroxylation is 1. The molecule has 0 bridgehead atoms. The van der Waals surface area contributed by atoms with Crippen molar-refractivity contribution in [3.63, 3.8) is 0 Å². The van der Waals surface area contributed by atoms with Gasteiger partial charge in [0.15, 0.2) is 0 Å². The standard InChI is InChI=1S/C19H26N4O2/c1-2-10-20-19(25)15-7-11-22(12-8-15)18(24)9-13-23-14-21-16-5-3-4-6-17(16)23/h3-6,14-15H,2,7-13H2,1H3,(H,20,25). The molecular weight excluding hydrogens is 316 g/mol. The van der Waals surface area contributed by atoms with Gasteiger partial charge in [0.05, 0.1) is 17.4 Å². The zero-order valence-electron chi connectivity index (χ0n) is 14.8. The Morgan fingerprint density at radius 3 is 2.76 bits per heavy atom. The molecular formula is C19H26N4O2. The van der Waals surface area contributed by atoms with Crippen molar-refractivity contribution in [3.8, 4) is 0 Å². The molecule has 1 aliphatic rings. The van der Waals surface area contributed by atoms with Gasteiger partial charge in [0, 0.05) is 38.5 Å². The molecule has 1 fully saturated rings. The van der Waals surface area contributed by atoms with Crippen LogP contribution in [-0.2, 0) is 16.1 Å². The van der Waals surface area contributed by atoms with E-state index in [0.717, 1.165) is 36.8 Å². The molecule has 25 heavy (non-hydrogen) atoms. The fourth-order valence-corrected chi connectivity index (χ4v) is 3.35. The number of aromatic nitrogens is 2. The predicted molar refractivity (Wildman–Crippen MR) is 97.0 cm³/mol. The third-order valence-corrected chi connectivity index (χ3v) is 4.86. The van der Waals surface area contributed by atoms with Crippen molar-refractivity contribution < 1.29 is 9.59 Å². The molecule has 6 heteroatoms. The second-order valence-electron chi connectivity index (χ2n) is 6.62. The minimum atomic E-state index is 0.0493. The van der Waals surface area contributed by atoms with Crippen LogP contribution < -0.4 is 5.32 Å². The van der Waals surface area contributed by atoms with E-state index in [1.807, 2.05) is 40.7 Å².